The summed E-state index contributed by atoms with van der Waals surface area (Å²) in [6, 6.07) is 11.0. The zero-order valence-corrected chi connectivity index (χ0v) is 16.9. The number of anilines is 4. The molecule has 4 rings (SSSR count). The number of hydrogen-bond acceptors (Lipinski definition) is 8. The van der Waals surface area contributed by atoms with E-state index >= 15 is 0 Å². The van der Waals surface area contributed by atoms with Crippen LogP contribution < -0.4 is 20.3 Å². The van der Waals surface area contributed by atoms with E-state index < -0.39 is 0 Å². The molecule has 30 heavy (non-hydrogen) atoms. The highest BCUT2D eigenvalue weighted by Crippen LogP contribution is 2.26. The van der Waals surface area contributed by atoms with E-state index in [1.165, 1.54) is 6.92 Å². The maximum Gasteiger partial charge on any atom is 0.325 e. The zero-order valence-electron chi connectivity index (χ0n) is 16.9. The molecule has 0 saturated carbocycles. The smallest absolute Gasteiger partial charge is 0.325 e. The fourth-order valence-electron chi connectivity index (χ4n) is 3.10. The standard InChI is InChI=1S/C20H24N8O2/c1-14(29)22-15-3-5-16(6-4-15)30-20-24-18(23-17-7-8-21-26-17)13-19(25-20)28-11-9-27(2)10-12-28/h3-8,13H,9-12H2,1-2H3,(H,22,29)(H2,21,23,24,25,26). The number of benzene rings is 1. The van der Waals surface area contributed by atoms with E-state index in [1.54, 1.807) is 30.5 Å². The molecule has 3 aromatic rings. The van der Waals surface area contributed by atoms with Crippen molar-refractivity contribution in [3.05, 3.63) is 42.6 Å². The quantitative estimate of drug-likeness (QED) is 0.570. The summed E-state index contributed by atoms with van der Waals surface area (Å²) in [7, 11) is 2.11. The molecule has 0 radical (unpaired) electrons. The van der Waals surface area contributed by atoms with Gasteiger partial charge in [-0.3, -0.25) is 9.89 Å². The second-order valence-corrected chi connectivity index (χ2v) is 7.08. The minimum Gasteiger partial charge on any atom is -0.424 e. The van der Waals surface area contributed by atoms with Crippen molar-refractivity contribution in [2.24, 2.45) is 0 Å². The lowest BCUT2D eigenvalue weighted by atomic mass is 10.3. The summed E-state index contributed by atoms with van der Waals surface area (Å²) in [6.07, 6.45) is 1.74. The maximum absolute atomic E-state index is 11.2. The minimum atomic E-state index is -0.124. The van der Waals surface area contributed by atoms with Gasteiger partial charge < -0.3 is 25.2 Å². The predicted octanol–water partition coefficient (Wildman–Crippen LogP) is 2.45. The Morgan fingerprint density at radius 3 is 2.50 bits per heavy atom. The molecule has 0 aliphatic carbocycles. The second kappa shape index (κ2) is 8.78. The van der Waals surface area contributed by atoms with Crippen LogP contribution in [0.1, 0.15) is 6.92 Å². The van der Waals surface area contributed by atoms with Crippen LogP contribution in [0.3, 0.4) is 0 Å². The molecule has 1 aliphatic rings. The Morgan fingerprint density at radius 2 is 1.83 bits per heavy atom. The van der Waals surface area contributed by atoms with Crippen molar-refractivity contribution in [2.45, 2.75) is 6.92 Å². The summed E-state index contributed by atoms with van der Waals surface area (Å²) in [4.78, 5) is 24.8. The van der Waals surface area contributed by atoms with Crippen molar-refractivity contribution in [1.29, 1.82) is 0 Å². The topological polar surface area (TPSA) is 111 Å². The van der Waals surface area contributed by atoms with Crippen molar-refractivity contribution in [2.75, 3.05) is 48.8 Å². The number of hydrogen-bond donors (Lipinski definition) is 3. The first-order valence-corrected chi connectivity index (χ1v) is 9.70. The summed E-state index contributed by atoms with van der Waals surface area (Å²) < 4.78 is 5.91. The molecule has 3 N–H and O–H groups in total. The Balaban J connectivity index is 1.57. The van der Waals surface area contributed by atoms with Crippen LogP contribution in [0.25, 0.3) is 0 Å². The number of aromatic amines is 1. The third kappa shape index (κ3) is 5.03. The molecule has 10 nitrogen and oxygen atoms in total. The van der Waals surface area contributed by atoms with E-state index in [1.807, 2.05) is 12.1 Å². The highest BCUT2D eigenvalue weighted by molar-refractivity contribution is 5.88. The fourth-order valence-corrected chi connectivity index (χ4v) is 3.10. The van der Waals surface area contributed by atoms with E-state index in [0.29, 0.717) is 23.1 Å². The van der Waals surface area contributed by atoms with Gasteiger partial charge in [-0.05, 0) is 31.3 Å². The van der Waals surface area contributed by atoms with Gasteiger partial charge >= 0.3 is 6.01 Å². The number of amides is 1. The maximum atomic E-state index is 11.2. The van der Waals surface area contributed by atoms with Crippen molar-refractivity contribution in [1.82, 2.24) is 25.1 Å². The Hall–Kier alpha value is -3.66. The van der Waals surface area contributed by atoms with Crippen LogP contribution in [0.2, 0.25) is 0 Å². The highest BCUT2D eigenvalue weighted by atomic mass is 16.5. The molecule has 10 heteroatoms. The molecule has 1 aromatic carbocycles. The van der Waals surface area contributed by atoms with Crippen LogP contribution in [0.15, 0.2) is 42.6 Å². The number of likely N-dealkylation sites (N-methyl/N-ethyl adjacent to an activating group) is 1. The summed E-state index contributed by atoms with van der Waals surface area (Å²) in [5, 5.41) is 12.8. The lowest BCUT2D eigenvalue weighted by Gasteiger charge is -2.33. The first-order valence-electron chi connectivity index (χ1n) is 9.70. The van der Waals surface area contributed by atoms with Gasteiger partial charge in [0.25, 0.3) is 0 Å². The number of piperazine rings is 1. The number of carbonyl (C=O) groups excluding carboxylic acids is 1. The van der Waals surface area contributed by atoms with Gasteiger partial charge in [0.2, 0.25) is 5.91 Å². The number of aromatic nitrogens is 4. The van der Waals surface area contributed by atoms with E-state index in [2.05, 4.69) is 47.6 Å². The normalized spacial score (nSPS) is 14.4. The lowest BCUT2D eigenvalue weighted by molar-refractivity contribution is -0.114. The minimum absolute atomic E-state index is 0.124. The molecule has 1 amide bonds. The molecular formula is C20H24N8O2. The Bertz CT molecular complexity index is 983. The van der Waals surface area contributed by atoms with Crippen LogP contribution >= 0.6 is 0 Å². The Morgan fingerprint density at radius 1 is 1.07 bits per heavy atom. The first-order chi connectivity index (χ1) is 14.5. The van der Waals surface area contributed by atoms with Crippen LogP contribution in [-0.2, 0) is 4.79 Å². The highest BCUT2D eigenvalue weighted by Gasteiger charge is 2.18. The summed E-state index contributed by atoms with van der Waals surface area (Å²) in [6.45, 7) is 5.15. The molecule has 156 valence electrons. The van der Waals surface area contributed by atoms with E-state index in [0.717, 1.165) is 32.0 Å². The second-order valence-electron chi connectivity index (χ2n) is 7.08. The van der Waals surface area contributed by atoms with E-state index in [9.17, 15) is 4.79 Å². The molecule has 0 spiro atoms. The van der Waals surface area contributed by atoms with Gasteiger partial charge in [-0.15, -0.1) is 0 Å². The summed E-state index contributed by atoms with van der Waals surface area (Å²) >= 11 is 0. The Kier molecular flexibility index (Phi) is 5.75. The molecule has 0 atom stereocenters. The van der Waals surface area contributed by atoms with Gasteiger partial charge in [0.05, 0.1) is 0 Å². The monoisotopic (exact) mass is 408 g/mol. The molecule has 1 aliphatic heterocycles. The number of rotatable bonds is 6. The van der Waals surface area contributed by atoms with Gasteiger partial charge in [0, 0.05) is 57.1 Å². The molecule has 0 bridgehead atoms. The van der Waals surface area contributed by atoms with Gasteiger partial charge in [-0.25, -0.2) is 0 Å². The number of H-pyrrole nitrogens is 1. The number of carbonyl (C=O) groups is 1. The lowest BCUT2D eigenvalue weighted by Crippen LogP contribution is -2.44. The first kappa shape index (κ1) is 19.6. The van der Waals surface area contributed by atoms with Crippen LogP contribution in [0.5, 0.6) is 11.8 Å². The predicted molar refractivity (Wildman–Crippen MR) is 114 cm³/mol. The van der Waals surface area contributed by atoms with Gasteiger partial charge in [0.1, 0.15) is 17.4 Å². The molecular weight excluding hydrogens is 384 g/mol. The SMILES string of the molecule is CC(=O)Nc1ccc(Oc2nc(Nc3cc[nH]n3)cc(N3CCN(C)CC3)n2)cc1. The number of ether oxygens (including phenoxy) is 1. The van der Waals surface area contributed by atoms with Crippen molar-refractivity contribution in [3.8, 4) is 11.8 Å². The largest absolute Gasteiger partial charge is 0.424 e. The fraction of sp³-hybridized carbons (Fsp3) is 0.300. The van der Waals surface area contributed by atoms with Crippen LogP contribution in [-0.4, -0.2) is 64.2 Å². The summed E-state index contributed by atoms with van der Waals surface area (Å²) in [5.41, 5.74) is 0.697. The zero-order chi connectivity index (χ0) is 20.9. The molecule has 1 saturated heterocycles. The molecule has 1 fully saturated rings. The van der Waals surface area contributed by atoms with E-state index in [-0.39, 0.29) is 11.9 Å². The molecule has 2 aromatic heterocycles. The number of nitrogens with zero attached hydrogens (tertiary/aromatic N) is 5. The average molecular weight is 408 g/mol. The third-order valence-corrected chi connectivity index (χ3v) is 4.66. The third-order valence-electron chi connectivity index (χ3n) is 4.66. The van der Waals surface area contributed by atoms with Crippen molar-refractivity contribution >= 4 is 29.0 Å². The van der Waals surface area contributed by atoms with Crippen LogP contribution in [0, 0.1) is 0 Å². The van der Waals surface area contributed by atoms with E-state index in [4.69, 9.17) is 4.74 Å². The average Bonchev–Trinajstić information content (AvgIpc) is 3.22. The van der Waals surface area contributed by atoms with Gasteiger partial charge in [0.15, 0.2) is 5.82 Å². The molecule has 3 heterocycles. The van der Waals surface area contributed by atoms with Gasteiger partial charge in [-0.1, -0.05) is 0 Å². The Labute approximate surface area is 174 Å². The van der Waals surface area contributed by atoms with Gasteiger partial charge in [-0.2, -0.15) is 15.1 Å². The molecule has 0 unspecified atom stereocenters. The van der Waals surface area contributed by atoms with Crippen molar-refractivity contribution in [3.63, 3.8) is 0 Å². The number of nitrogens with one attached hydrogen (secondary N) is 3. The summed E-state index contributed by atoms with van der Waals surface area (Å²) in [5.74, 6) is 2.49. The van der Waals surface area contributed by atoms with Crippen molar-refractivity contribution < 1.29 is 9.53 Å². The van der Waals surface area contributed by atoms with Crippen LogP contribution in [0.4, 0.5) is 23.1 Å².